The summed E-state index contributed by atoms with van der Waals surface area (Å²) in [6, 6.07) is 4.70. The molecule has 0 saturated carbocycles. The maximum absolute atomic E-state index is 9.01. The second-order valence-corrected chi connectivity index (χ2v) is 5.41. The molecule has 3 atom stereocenters. The van der Waals surface area contributed by atoms with E-state index in [1.165, 1.54) is 24.1 Å². The molecule has 1 N–H and O–H groups in total. The number of ether oxygens (including phenoxy) is 1. The van der Waals surface area contributed by atoms with Crippen LogP contribution in [0.3, 0.4) is 0 Å². The summed E-state index contributed by atoms with van der Waals surface area (Å²) in [6.07, 6.45) is 4.46. The number of rotatable bonds is 3. The molecule has 2 aliphatic rings. The Kier molecular flexibility index (Phi) is 2.89. The molecule has 2 aliphatic heterocycles. The number of fused-ring (bicyclic) bond motifs is 2. The van der Waals surface area contributed by atoms with Crippen LogP contribution in [0.15, 0.2) is 6.07 Å². The third-order valence-electron chi connectivity index (χ3n) is 4.42. The first-order valence-corrected chi connectivity index (χ1v) is 6.63. The van der Waals surface area contributed by atoms with Gasteiger partial charge in [-0.05, 0) is 37.8 Å². The summed E-state index contributed by atoms with van der Waals surface area (Å²) in [4.78, 5) is 0. The van der Waals surface area contributed by atoms with Gasteiger partial charge in [-0.2, -0.15) is 5.26 Å². The van der Waals surface area contributed by atoms with Gasteiger partial charge in [0.25, 0.3) is 0 Å². The molecule has 1 aromatic heterocycles. The highest BCUT2D eigenvalue weighted by Gasteiger charge is 2.40. The fraction of sp³-hybridized carbons (Fsp3) is 0.643. The maximum Gasteiger partial charge on any atom is 0.120 e. The van der Waals surface area contributed by atoms with Crippen LogP contribution in [0, 0.1) is 18.3 Å². The van der Waals surface area contributed by atoms with E-state index in [-0.39, 0.29) is 0 Å². The van der Waals surface area contributed by atoms with Crippen LogP contribution in [0.2, 0.25) is 0 Å². The van der Waals surface area contributed by atoms with E-state index in [1.54, 1.807) is 0 Å². The van der Waals surface area contributed by atoms with Crippen LogP contribution in [-0.2, 0) is 18.3 Å². The smallest absolute Gasteiger partial charge is 0.120 e. The van der Waals surface area contributed by atoms with Crippen molar-refractivity contribution in [1.82, 2.24) is 9.88 Å². The van der Waals surface area contributed by atoms with Crippen molar-refractivity contribution in [3.05, 3.63) is 23.0 Å². The number of nitrogens with one attached hydrogen (secondary N) is 1. The molecule has 3 heterocycles. The minimum atomic E-state index is 0.412. The highest BCUT2D eigenvalue weighted by Crippen LogP contribution is 2.34. The molecule has 2 saturated heterocycles. The number of hydrogen-bond donors (Lipinski definition) is 1. The minimum Gasteiger partial charge on any atom is -0.373 e. The average Bonchev–Trinajstić information content (AvgIpc) is 3.05. The zero-order chi connectivity index (χ0) is 12.7. The molecular formula is C14H19N3O. The molecule has 0 spiro atoms. The number of hydrogen-bond acceptors (Lipinski definition) is 3. The third-order valence-corrected chi connectivity index (χ3v) is 4.42. The summed E-state index contributed by atoms with van der Waals surface area (Å²) in [5.74, 6) is 0. The van der Waals surface area contributed by atoms with E-state index in [4.69, 9.17) is 10.00 Å². The minimum absolute atomic E-state index is 0.412. The predicted octanol–water partition coefficient (Wildman–Crippen LogP) is 1.61. The lowest BCUT2D eigenvalue weighted by Crippen LogP contribution is -2.37. The molecule has 0 aromatic carbocycles. The molecule has 0 amide bonds. The lowest BCUT2D eigenvalue weighted by Gasteiger charge is -2.20. The van der Waals surface area contributed by atoms with Crippen molar-refractivity contribution in [2.24, 2.45) is 7.05 Å². The van der Waals surface area contributed by atoms with Gasteiger partial charge < -0.3 is 14.6 Å². The third kappa shape index (κ3) is 1.84. The largest absolute Gasteiger partial charge is 0.373 e. The van der Waals surface area contributed by atoms with E-state index in [1.807, 2.05) is 17.7 Å². The van der Waals surface area contributed by atoms with Crippen LogP contribution in [0.5, 0.6) is 0 Å². The first-order valence-electron chi connectivity index (χ1n) is 6.63. The molecule has 1 aromatic rings. The Bertz CT molecular complexity index is 500. The van der Waals surface area contributed by atoms with E-state index in [9.17, 15) is 0 Å². The molecule has 4 heteroatoms. The number of nitrogens with zero attached hydrogens (tertiary/aromatic N) is 2. The molecule has 3 rings (SSSR count). The van der Waals surface area contributed by atoms with Gasteiger partial charge in [0, 0.05) is 25.3 Å². The van der Waals surface area contributed by atoms with E-state index in [2.05, 4.69) is 18.3 Å². The van der Waals surface area contributed by atoms with Crippen LogP contribution in [0.25, 0.3) is 0 Å². The molecule has 4 nitrogen and oxygen atoms in total. The van der Waals surface area contributed by atoms with Gasteiger partial charge in [-0.25, -0.2) is 0 Å². The van der Waals surface area contributed by atoms with Gasteiger partial charge in [-0.1, -0.05) is 0 Å². The molecule has 96 valence electrons. The Hall–Kier alpha value is -1.31. The molecule has 2 fully saturated rings. The number of aromatic nitrogens is 1. The van der Waals surface area contributed by atoms with Crippen LogP contribution < -0.4 is 5.32 Å². The summed E-state index contributed by atoms with van der Waals surface area (Å²) in [7, 11) is 1.94. The molecule has 2 bridgehead atoms. The monoisotopic (exact) mass is 245 g/mol. The van der Waals surface area contributed by atoms with Gasteiger partial charge in [0.05, 0.1) is 12.2 Å². The van der Waals surface area contributed by atoms with Gasteiger partial charge in [0.1, 0.15) is 11.8 Å². The van der Waals surface area contributed by atoms with E-state index in [0.29, 0.717) is 18.2 Å². The highest BCUT2D eigenvalue weighted by atomic mass is 16.5. The Morgan fingerprint density at radius 2 is 2.39 bits per heavy atom. The second kappa shape index (κ2) is 4.42. The maximum atomic E-state index is 9.01. The normalized spacial score (nSPS) is 29.7. The van der Waals surface area contributed by atoms with E-state index >= 15 is 0 Å². The van der Waals surface area contributed by atoms with Crippen LogP contribution in [0.1, 0.15) is 36.2 Å². The second-order valence-electron chi connectivity index (χ2n) is 5.41. The summed E-state index contributed by atoms with van der Waals surface area (Å²) in [5, 5.41) is 12.6. The van der Waals surface area contributed by atoms with Crippen molar-refractivity contribution in [1.29, 1.82) is 5.26 Å². The summed E-state index contributed by atoms with van der Waals surface area (Å²) >= 11 is 0. The van der Waals surface area contributed by atoms with Gasteiger partial charge in [0.2, 0.25) is 0 Å². The Labute approximate surface area is 108 Å². The average molecular weight is 245 g/mol. The van der Waals surface area contributed by atoms with Crippen LogP contribution >= 0.6 is 0 Å². The summed E-state index contributed by atoms with van der Waals surface area (Å²) in [5.41, 5.74) is 3.12. The fourth-order valence-corrected chi connectivity index (χ4v) is 3.14. The first-order chi connectivity index (χ1) is 8.69. The van der Waals surface area contributed by atoms with Crippen LogP contribution in [0.4, 0.5) is 0 Å². The topological polar surface area (TPSA) is 50.0 Å². The van der Waals surface area contributed by atoms with Crippen molar-refractivity contribution in [3.8, 4) is 6.07 Å². The zero-order valence-electron chi connectivity index (χ0n) is 10.9. The van der Waals surface area contributed by atoms with Crippen molar-refractivity contribution >= 4 is 0 Å². The van der Waals surface area contributed by atoms with Gasteiger partial charge >= 0.3 is 0 Å². The quantitative estimate of drug-likeness (QED) is 0.880. The Morgan fingerprint density at radius 3 is 2.94 bits per heavy atom. The van der Waals surface area contributed by atoms with Crippen molar-refractivity contribution < 1.29 is 4.74 Å². The fourth-order valence-electron chi connectivity index (χ4n) is 3.14. The molecular weight excluding hydrogens is 226 g/mol. The molecule has 3 unspecified atom stereocenters. The number of nitriles is 1. The lowest BCUT2D eigenvalue weighted by atomic mass is 9.95. The Balaban J connectivity index is 1.65. The van der Waals surface area contributed by atoms with Gasteiger partial charge in [-0.3, -0.25) is 0 Å². The van der Waals surface area contributed by atoms with Gasteiger partial charge in [-0.15, -0.1) is 0 Å². The standard InChI is InChI=1S/C14H19N3O/c1-9-10(5-11(7-15)17(9)2)8-16-13-6-12-3-4-14(13)18-12/h5,12-14,16H,3-4,6,8H2,1-2H3. The van der Waals surface area contributed by atoms with Gasteiger partial charge in [0.15, 0.2) is 0 Å². The molecule has 0 radical (unpaired) electrons. The summed E-state index contributed by atoms with van der Waals surface area (Å²) in [6.45, 7) is 2.90. The van der Waals surface area contributed by atoms with Crippen LogP contribution in [-0.4, -0.2) is 22.8 Å². The van der Waals surface area contributed by atoms with E-state index < -0.39 is 0 Å². The summed E-state index contributed by atoms with van der Waals surface area (Å²) < 4.78 is 7.79. The Morgan fingerprint density at radius 1 is 1.56 bits per heavy atom. The SMILES string of the molecule is Cc1c(CNC2CC3CCC2O3)cc(C#N)n1C. The predicted molar refractivity (Wildman–Crippen MR) is 68.0 cm³/mol. The first kappa shape index (κ1) is 11.8. The highest BCUT2D eigenvalue weighted by molar-refractivity contribution is 5.34. The molecule has 18 heavy (non-hydrogen) atoms. The van der Waals surface area contributed by atoms with Crippen molar-refractivity contribution in [2.45, 2.75) is 51.0 Å². The van der Waals surface area contributed by atoms with Crippen molar-refractivity contribution in [3.63, 3.8) is 0 Å². The van der Waals surface area contributed by atoms with Crippen molar-refractivity contribution in [2.75, 3.05) is 0 Å². The lowest BCUT2D eigenvalue weighted by molar-refractivity contribution is 0.0973. The molecule has 0 aliphatic carbocycles. The zero-order valence-corrected chi connectivity index (χ0v) is 10.9. The van der Waals surface area contributed by atoms with E-state index in [0.717, 1.165) is 18.7 Å².